The van der Waals surface area contributed by atoms with Crippen molar-refractivity contribution in [2.75, 3.05) is 0 Å². The van der Waals surface area contributed by atoms with Crippen LogP contribution < -0.4 is 0 Å². The van der Waals surface area contributed by atoms with Crippen LogP contribution in [-0.4, -0.2) is 19.1 Å². The quantitative estimate of drug-likeness (QED) is 0.198. The van der Waals surface area contributed by atoms with Crippen LogP contribution in [0.5, 0.6) is 0 Å². The molecule has 0 bridgehead atoms. The maximum absolute atomic E-state index is 5.13. The van der Waals surface area contributed by atoms with Crippen molar-refractivity contribution in [2.45, 2.75) is 0 Å². The van der Waals surface area contributed by atoms with Crippen LogP contribution in [0.4, 0.5) is 0 Å². The summed E-state index contributed by atoms with van der Waals surface area (Å²) in [7, 11) is 0. The lowest BCUT2D eigenvalue weighted by Gasteiger charge is -2.12. The molecule has 4 nitrogen and oxygen atoms in total. The first-order chi connectivity index (χ1) is 23.8. The van der Waals surface area contributed by atoms with Crippen LogP contribution in [0.3, 0.4) is 0 Å². The van der Waals surface area contributed by atoms with Crippen LogP contribution in [0.2, 0.25) is 0 Å². The fourth-order valence-corrected chi connectivity index (χ4v) is 7.42. The highest BCUT2D eigenvalue weighted by Crippen LogP contribution is 2.42. The number of rotatable bonds is 4. The molecule has 0 amide bonds. The van der Waals surface area contributed by atoms with Crippen molar-refractivity contribution in [1.82, 2.24) is 19.1 Å². The van der Waals surface area contributed by atoms with E-state index < -0.39 is 0 Å². The topological polar surface area (TPSA) is 35.6 Å². The summed E-state index contributed by atoms with van der Waals surface area (Å²) in [4.78, 5) is 10.2. The Bertz CT molecular complexity index is 2810. The van der Waals surface area contributed by atoms with Gasteiger partial charge in [-0.15, -0.1) is 0 Å². The molecule has 0 saturated heterocycles. The number of hydrogen-bond donors (Lipinski definition) is 0. The minimum absolute atomic E-state index is 0.879. The fourth-order valence-electron chi connectivity index (χ4n) is 7.42. The highest BCUT2D eigenvalue weighted by atomic mass is 15.0. The van der Waals surface area contributed by atoms with Crippen molar-refractivity contribution in [3.8, 4) is 33.9 Å². The summed E-state index contributed by atoms with van der Waals surface area (Å²) in [6, 6.07) is 60.0. The van der Waals surface area contributed by atoms with Gasteiger partial charge in [0, 0.05) is 44.0 Å². The molecule has 3 aromatic heterocycles. The lowest BCUT2D eigenvalue weighted by Crippen LogP contribution is -1.97. The van der Waals surface area contributed by atoms with Gasteiger partial charge in [0.25, 0.3) is 0 Å². The highest BCUT2D eigenvalue weighted by Gasteiger charge is 2.20. The molecule has 0 N–H and O–H groups in total. The smallest absolute Gasteiger partial charge is 0.0973 e. The van der Waals surface area contributed by atoms with Crippen LogP contribution in [0.15, 0.2) is 170 Å². The van der Waals surface area contributed by atoms with Gasteiger partial charge in [-0.1, -0.05) is 109 Å². The molecule has 0 fully saturated rings. The molecular formula is C44H28N4. The first-order valence-corrected chi connectivity index (χ1v) is 16.3. The molecule has 10 aromatic rings. The molecule has 0 atom stereocenters. The van der Waals surface area contributed by atoms with Crippen LogP contribution >= 0.6 is 0 Å². The summed E-state index contributed by atoms with van der Waals surface area (Å²) < 4.78 is 4.78. The van der Waals surface area contributed by atoms with E-state index in [9.17, 15) is 0 Å². The van der Waals surface area contributed by atoms with Crippen LogP contribution in [0.1, 0.15) is 0 Å². The molecule has 0 aliphatic heterocycles. The molecule has 10 rings (SSSR count). The average Bonchev–Trinajstić information content (AvgIpc) is 3.68. The second kappa shape index (κ2) is 10.5. The SMILES string of the molecule is c1ccc(-c2nc3ccccc3nc2-c2ccc(-n3c4ccccc4c4c5c6ccccc6n(-c6ccccc6)c5ccc43)cc2)cc1. The Labute approximate surface area is 276 Å². The zero-order chi connectivity index (χ0) is 31.6. The molecule has 0 unspecified atom stereocenters. The number of para-hydroxylation sites is 5. The Balaban J connectivity index is 1.20. The molecule has 0 aliphatic rings. The molecule has 0 spiro atoms. The number of aromatic nitrogens is 4. The predicted octanol–water partition coefficient (Wildman–Crippen LogP) is 11.2. The Hall–Kier alpha value is -6.52. The second-order valence-corrected chi connectivity index (χ2v) is 12.2. The Morgan fingerprint density at radius 2 is 0.729 bits per heavy atom. The number of fused-ring (bicyclic) bond motifs is 8. The van der Waals surface area contributed by atoms with Crippen LogP contribution in [0.25, 0.3) is 88.5 Å². The standard InChI is InChI=1S/C44H28N4/c1-3-13-29(14-4-1)43-44(46-36-20-10-9-19-35(36)45-43)30-23-25-32(26-24-30)48-38-22-12-8-18-34(38)42-40(48)28-27-39-41(42)33-17-7-11-21-37(33)47(39)31-15-5-2-6-16-31/h1-28H. The van der Waals surface area contributed by atoms with E-state index >= 15 is 0 Å². The fraction of sp³-hybridized carbons (Fsp3) is 0. The lowest BCUT2D eigenvalue weighted by molar-refractivity contribution is 1.17. The predicted molar refractivity (Wildman–Crippen MR) is 199 cm³/mol. The minimum Gasteiger partial charge on any atom is -0.309 e. The molecule has 0 radical (unpaired) electrons. The number of benzene rings is 7. The molecule has 48 heavy (non-hydrogen) atoms. The molecule has 3 heterocycles. The molecular weight excluding hydrogens is 585 g/mol. The first kappa shape index (κ1) is 26.7. The van der Waals surface area contributed by atoms with Crippen LogP contribution in [0, 0.1) is 0 Å². The number of hydrogen-bond acceptors (Lipinski definition) is 2. The van der Waals surface area contributed by atoms with E-state index in [1.165, 1.54) is 43.6 Å². The Morgan fingerprint density at radius 1 is 0.312 bits per heavy atom. The largest absolute Gasteiger partial charge is 0.309 e. The van der Waals surface area contributed by atoms with Gasteiger partial charge in [0.15, 0.2) is 0 Å². The van der Waals surface area contributed by atoms with Gasteiger partial charge >= 0.3 is 0 Å². The van der Waals surface area contributed by atoms with Crippen molar-refractivity contribution in [1.29, 1.82) is 0 Å². The molecule has 224 valence electrons. The van der Waals surface area contributed by atoms with Gasteiger partial charge in [-0.05, 0) is 60.7 Å². The minimum atomic E-state index is 0.879. The highest BCUT2D eigenvalue weighted by molar-refractivity contribution is 6.28. The zero-order valence-electron chi connectivity index (χ0n) is 26.0. The molecule has 7 aromatic carbocycles. The molecule has 4 heteroatoms. The first-order valence-electron chi connectivity index (χ1n) is 16.3. The zero-order valence-corrected chi connectivity index (χ0v) is 26.0. The third-order valence-electron chi connectivity index (χ3n) is 9.50. The summed E-state index contributed by atoms with van der Waals surface area (Å²) in [5, 5.41) is 5.04. The van der Waals surface area contributed by atoms with Crippen molar-refractivity contribution in [2.24, 2.45) is 0 Å². The van der Waals surface area contributed by atoms with Gasteiger partial charge in [-0.2, -0.15) is 0 Å². The summed E-state index contributed by atoms with van der Waals surface area (Å²) in [6.45, 7) is 0. The van der Waals surface area contributed by atoms with Crippen LogP contribution in [-0.2, 0) is 0 Å². The van der Waals surface area contributed by atoms with Gasteiger partial charge in [-0.3, -0.25) is 0 Å². The maximum Gasteiger partial charge on any atom is 0.0973 e. The summed E-state index contributed by atoms with van der Waals surface area (Å²) in [6.07, 6.45) is 0. The Morgan fingerprint density at radius 3 is 1.27 bits per heavy atom. The van der Waals surface area contributed by atoms with E-state index in [0.29, 0.717) is 0 Å². The van der Waals surface area contributed by atoms with Crippen molar-refractivity contribution >= 4 is 54.6 Å². The van der Waals surface area contributed by atoms with Crippen molar-refractivity contribution in [3.05, 3.63) is 170 Å². The van der Waals surface area contributed by atoms with E-state index in [1.807, 2.05) is 30.3 Å². The van der Waals surface area contributed by atoms with E-state index in [1.54, 1.807) is 0 Å². The van der Waals surface area contributed by atoms with Gasteiger partial charge in [-0.25, -0.2) is 9.97 Å². The van der Waals surface area contributed by atoms with E-state index in [0.717, 1.165) is 44.9 Å². The average molecular weight is 613 g/mol. The summed E-state index contributed by atoms with van der Waals surface area (Å²) in [5.41, 5.74) is 12.7. The van der Waals surface area contributed by atoms with E-state index in [4.69, 9.17) is 9.97 Å². The molecule has 0 aliphatic carbocycles. The summed E-state index contributed by atoms with van der Waals surface area (Å²) >= 11 is 0. The normalized spacial score (nSPS) is 11.8. The third-order valence-corrected chi connectivity index (χ3v) is 9.50. The molecule has 0 saturated carbocycles. The van der Waals surface area contributed by atoms with Gasteiger partial charge in [0.05, 0.1) is 44.5 Å². The van der Waals surface area contributed by atoms with Gasteiger partial charge in [0.2, 0.25) is 0 Å². The van der Waals surface area contributed by atoms with E-state index in [2.05, 4.69) is 149 Å². The van der Waals surface area contributed by atoms with Crippen molar-refractivity contribution < 1.29 is 0 Å². The van der Waals surface area contributed by atoms with Crippen molar-refractivity contribution in [3.63, 3.8) is 0 Å². The van der Waals surface area contributed by atoms with Gasteiger partial charge < -0.3 is 9.13 Å². The monoisotopic (exact) mass is 612 g/mol. The number of nitrogens with zero attached hydrogens (tertiary/aromatic N) is 4. The van der Waals surface area contributed by atoms with E-state index in [-0.39, 0.29) is 0 Å². The Kier molecular flexibility index (Phi) is 5.84. The van der Waals surface area contributed by atoms with Gasteiger partial charge in [0.1, 0.15) is 0 Å². The lowest BCUT2D eigenvalue weighted by atomic mass is 10.0. The second-order valence-electron chi connectivity index (χ2n) is 12.2. The summed E-state index contributed by atoms with van der Waals surface area (Å²) in [5.74, 6) is 0. The third kappa shape index (κ3) is 3.96. The maximum atomic E-state index is 5.13.